The summed E-state index contributed by atoms with van der Waals surface area (Å²) in [5.41, 5.74) is 1.97. The lowest BCUT2D eigenvalue weighted by Crippen LogP contribution is -2.64. The molecule has 182 valence electrons. The zero-order valence-electron chi connectivity index (χ0n) is 19.0. The third-order valence-electron chi connectivity index (χ3n) is 6.45. The van der Waals surface area contributed by atoms with Gasteiger partial charge in [0.05, 0.1) is 0 Å². The number of aromatic nitrogens is 1. The van der Waals surface area contributed by atoms with Crippen molar-refractivity contribution in [3.8, 4) is 0 Å². The van der Waals surface area contributed by atoms with Crippen molar-refractivity contribution in [3.05, 3.63) is 78.3 Å². The van der Waals surface area contributed by atoms with Crippen molar-refractivity contribution in [3.63, 3.8) is 0 Å². The number of amides is 1. The Hall–Kier alpha value is -3.98. The Bertz CT molecular complexity index is 1170. The molecule has 3 fully saturated rings. The zero-order chi connectivity index (χ0) is 24.8. The molecule has 0 radical (unpaired) electrons. The van der Waals surface area contributed by atoms with Gasteiger partial charge < -0.3 is 19.9 Å². The number of carbonyl (C=O) groups excluding carboxylic acids is 1. The zero-order valence-corrected chi connectivity index (χ0v) is 19.0. The van der Waals surface area contributed by atoms with Crippen molar-refractivity contribution >= 4 is 28.8 Å². The molecule has 2 atom stereocenters. The number of nitrogens with zero attached hydrogens (tertiary/aromatic N) is 2. The molecule has 3 aliphatic rings. The number of carbonyl (C=O) groups is 3. The quantitative estimate of drug-likeness (QED) is 0.462. The molecule has 6 rings (SSSR count). The van der Waals surface area contributed by atoms with Gasteiger partial charge in [0.2, 0.25) is 0 Å². The molecule has 5 heterocycles. The fraction of sp³-hybridized carbons (Fsp3) is 0.308. The molecule has 3 N–H and O–H groups in total. The van der Waals surface area contributed by atoms with Crippen molar-refractivity contribution in [2.45, 2.75) is 31.3 Å². The van der Waals surface area contributed by atoms with E-state index < -0.39 is 11.9 Å². The minimum atomic E-state index is -1.26. The van der Waals surface area contributed by atoms with Crippen molar-refractivity contribution in [2.24, 2.45) is 5.92 Å². The number of para-hydroxylation sites is 1. The normalized spacial score (nSPS) is 23.0. The maximum Gasteiger partial charge on any atom is 0.328 e. The summed E-state index contributed by atoms with van der Waals surface area (Å²) in [5, 5.41) is 19.9. The van der Waals surface area contributed by atoms with Gasteiger partial charge in [-0.25, -0.2) is 9.59 Å². The first kappa shape index (κ1) is 24.2. The molecule has 2 unspecified atom stereocenters. The summed E-state index contributed by atoms with van der Waals surface area (Å²) in [6.45, 7) is 2.24. The van der Waals surface area contributed by atoms with Crippen LogP contribution in [0.3, 0.4) is 0 Å². The SMILES string of the molecule is O=C(NC1C2CCN(CC2)C1Cc1cccnc1)c1cc2ccccc2o1.O=C(O)/C=C\C(=O)O. The first-order chi connectivity index (χ1) is 16.9. The van der Waals surface area contributed by atoms with Crippen LogP contribution < -0.4 is 5.32 Å². The van der Waals surface area contributed by atoms with Gasteiger partial charge in [0.1, 0.15) is 5.58 Å². The summed E-state index contributed by atoms with van der Waals surface area (Å²) >= 11 is 0. The number of rotatable bonds is 6. The highest BCUT2D eigenvalue weighted by molar-refractivity contribution is 5.96. The lowest BCUT2D eigenvalue weighted by molar-refractivity contribution is -0.134. The van der Waals surface area contributed by atoms with Crippen LogP contribution in [0.15, 0.2) is 71.4 Å². The molecule has 35 heavy (non-hydrogen) atoms. The summed E-state index contributed by atoms with van der Waals surface area (Å²) in [4.78, 5) is 38.8. The summed E-state index contributed by atoms with van der Waals surface area (Å²) < 4.78 is 5.77. The smallest absolute Gasteiger partial charge is 0.328 e. The molecule has 3 aliphatic heterocycles. The standard InChI is InChI=1S/C22H23N3O2.C4H4O4/c26-22(20-13-17-5-1-2-6-19(17)27-20)24-21-16-7-10-25(11-8-16)18(21)12-15-4-3-9-23-14-15;5-3(6)1-2-4(7)8/h1-6,9,13-14,16,18,21H,7-8,10-12H2,(H,24,26);1-2H,(H,5,6)(H,7,8)/b;2-1-. The molecular weight excluding hydrogens is 450 g/mol. The Morgan fingerprint density at radius 2 is 1.77 bits per heavy atom. The van der Waals surface area contributed by atoms with E-state index in [1.807, 2.05) is 42.6 Å². The Morgan fingerprint density at radius 1 is 1.06 bits per heavy atom. The van der Waals surface area contributed by atoms with Crippen LogP contribution >= 0.6 is 0 Å². The van der Waals surface area contributed by atoms with Gasteiger partial charge in [-0.2, -0.15) is 0 Å². The fourth-order valence-electron chi connectivity index (χ4n) is 4.84. The van der Waals surface area contributed by atoms with Crippen LogP contribution in [0, 0.1) is 5.92 Å². The number of carboxylic acids is 2. The third kappa shape index (κ3) is 6.13. The second-order valence-corrected chi connectivity index (χ2v) is 8.66. The highest BCUT2D eigenvalue weighted by Gasteiger charge is 2.43. The molecule has 2 bridgehead atoms. The van der Waals surface area contributed by atoms with Crippen LogP contribution in [0.4, 0.5) is 0 Å². The third-order valence-corrected chi connectivity index (χ3v) is 6.45. The fourth-order valence-corrected chi connectivity index (χ4v) is 4.84. The van der Waals surface area contributed by atoms with Gasteiger partial charge in [-0.05, 0) is 62.0 Å². The van der Waals surface area contributed by atoms with E-state index in [-0.39, 0.29) is 11.9 Å². The van der Waals surface area contributed by atoms with Crippen LogP contribution in [0.5, 0.6) is 0 Å². The van der Waals surface area contributed by atoms with Gasteiger partial charge in [-0.1, -0.05) is 24.3 Å². The lowest BCUT2D eigenvalue weighted by Gasteiger charge is -2.51. The number of hydrogen-bond acceptors (Lipinski definition) is 6. The van der Waals surface area contributed by atoms with E-state index in [2.05, 4.69) is 21.3 Å². The second kappa shape index (κ2) is 11.0. The van der Waals surface area contributed by atoms with Crippen LogP contribution in [0.1, 0.15) is 29.0 Å². The van der Waals surface area contributed by atoms with Gasteiger partial charge >= 0.3 is 11.9 Å². The number of furan rings is 1. The van der Waals surface area contributed by atoms with E-state index in [1.54, 1.807) is 6.20 Å². The van der Waals surface area contributed by atoms with Gasteiger partial charge in [0.25, 0.3) is 5.91 Å². The molecule has 0 aliphatic carbocycles. The predicted octanol–water partition coefficient (Wildman–Crippen LogP) is 2.97. The monoisotopic (exact) mass is 477 g/mol. The highest BCUT2D eigenvalue weighted by atomic mass is 16.4. The van der Waals surface area contributed by atoms with E-state index in [4.69, 9.17) is 14.6 Å². The molecule has 9 nitrogen and oxygen atoms in total. The first-order valence-electron chi connectivity index (χ1n) is 11.5. The molecule has 2 aromatic heterocycles. The number of benzene rings is 1. The number of nitrogens with one attached hydrogen (secondary N) is 1. The Labute approximate surface area is 202 Å². The Kier molecular flexibility index (Phi) is 7.57. The van der Waals surface area contributed by atoms with E-state index in [0.717, 1.165) is 43.3 Å². The number of aliphatic carboxylic acids is 2. The van der Waals surface area contributed by atoms with E-state index in [1.165, 1.54) is 5.56 Å². The van der Waals surface area contributed by atoms with Gasteiger partial charge in [-0.15, -0.1) is 0 Å². The van der Waals surface area contributed by atoms with Gasteiger partial charge in [-0.3, -0.25) is 14.7 Å². The van der Waals surface area contributed by atoms with Crippen LogP contribution in [0.2, 0.25) is 0 Å². The van der Waals surface area contributed by atoms with E-state index >= 15 is 0 Å². The van der Waals surface area contributed by atoms with Crippen molar-refractivity contribution < 1.29 is 29.0 Å². The second-order valence-electron chi connectivity index (χ2n) is 8.66. The Balaban J connectivity index is 0.000000314. The van der Waals surface area contributed by atoms with Gasteiger partial charge in [0.15, 0.2) is 5.76 Å². The number of carboxylic acid groups (broad SMARTS) is 2. The Morgan fingerprint density at radius 3 is 2.40 bits per heavy atom. The van der Waals surface area contributed by atoms with Gasteiger partial charge in [0, 0.05) is 42.0 Å². The van der Waals surface area contributed by atoms with Crippen molar-refractivity contribution in [2.75, 3.05) is 13.1 Å². The molecule has 1 amide bonds. The average Bonchev–Trinajstić information content (AvgIpc) is 3.30. The van der Waals surface area contributed by atoms with E-state index in [0.29, 0.717) is 29.9 Å². The largest absolute Gasteiger partial charge is 0.478 e. The number of fused-ring (bicyclic) bond motifs is 4. The molecule has 9 heteroatoms. The number of pyridine rings is 1. The minimum Gasteiger partial charge on any atom is -0.478 e. The molecule has 0 spiro atoms. The summed E-state index contributed by atoms with van der Waals surface area (Å²) in [5.74, 6) is -1.70. The van der Waals surface area contributed by atoms with Crippen LogP contribution in [-0.2, 0) is 16.0 Å². The van der Waals surface area contributed by atoms with Crippen molar-refractivity contribution in [1.82, 2.24) is 15.2 Å². The van der Waals surface area contributed by atoms with E-state index in [9.17, 15) is 14.4 Å². The first-order valence-corrected chi connectivity index (χ1v) is 11.5. The maximum absolute atomic E-state index is 12.9. The molecule has 1 aromatic carbocycles. The summed E-state index contributed by atoms with van der Waals surface area (Å²) in [6, 6.07) is 14.1. The van der Waals surface area contributed by atoms with Crippen LogP contribution in [-0.4, -0.2) is 63.1 Å². The minimum absolute atomic E-state index is 0.110. The molecule has 3 saturated heterocycles. The summed E-state index contributed by atoms with van der Waals surface area (Å²) in [7, 11) is 0. The number of hydrogen-bond donors (Lipinski definition) is 3. The topological polar surface area (TPSA) is 133 Å². The predicted molar refractivity (Wildman–Crippen MR) is 128 cm³/mol. The maximum atomic E-state index is 12.9. The molecule has 3 aromatic rings. The lowest BCUT2D eigenvalue weighted by atomic mass is 9.76. The van der Waals surface area contributed by atoms with Crippen molar-refractivity contribution in [1.29, 1.82) is 0 Å². The highest BCUT2D eigenvalue weighted by Crippen LogP contribution is 2.34. The molecular formula is C26H27N3O6. The summed E-state index contributed by atoms with van der Waals surface area (Å²) in [6.07, 6.45) is 8.06. The average molecular weight is 478 g/mol. The molecule has 0 saturated carbocycles. The number of piperidine rings is 3. The van der Waals surface area contributed by atoms with Crippen LogP contribution in [0.25, 0.3) is 11.0 Å².